The molecule has 0 unspecified atom stereocenters. The molecule has 1 aliphatic rings. The van der Waals surface area contributed by atoms with Crippen LogP contribution in [0.1, 0.15) is 18.4 Å². The second kappa shape index (κ2) is 5.80. The first-order chi connectivity index (χ1) is 10.3. The standard InChI is InChI=1S/C14H14Cl3N3OS/c15-10-2-1-9(11(16)5-10)6-14(21,13(17)3-4-13)7-20-12(22)18-8-19-20/h1-2,5,8,21H,3-4,6-7H2,(H,18,19,22)/t14-/m1/s1. The molecule has 0 aliphatic heterocycles. The zero-order chi connectivity index (χ0) is 16.0. The molecule has 0 spiro atoms. The molecule has 1 saturated carbocycles. The maximum absolute atomic E-state index is 11.2. The van der Waals surface area contributed by atoms with Gasteiger partial charge in [0.05, 0.1) is 11.4 Å². The largest absolute Gasteiger partial charge is 0.386 e. The quantitative estimate of drug-likeness (QED) is 0.611. The second-order valence-corrected chi connectivity index (χ2v) is 7.60. The summed E-state index contributed by atoms with van der Waals surface area (Å²) in [5, 5.41) is 15.2. The minimum absolute atomic E-state index is 0.230. The van der Waals surface area contributed by atoms with Gasteiger partial charge in [-0.1, -0.05) is 29.3 Å². The monoisotopic (exact) mass is 377 g/mol. The summed E-state index contributed by atoms with van der Waals surface area (Å²) in [7, 11) is 0. The van der Waals surface area contributed by atoms with Gasteiger partial charge in [0.15, 0.2) is 0 Å². The number of hydrogen-bond acceptors (Lipinski definition) is 3. The molecule has 4 nitrogen and oxygen atoms in total. The smallest absolute Gasteiger partial charge is 0.215 e. The summed E-state index contributed by atoms with van der Waals surface area (Å²) in [5.74, 6) is 0. The van der Waals surface area contributed by atoms with E-state index in [9.17, 15) is 5.11 Å². The van der Waals surface area contributed by atoms with Gasteiger partial charge in [-0.15, -0.1) is 11.6 Å². The van der Waals surface area contributed by atoms with Crippen LogP contribution in [0.2, 0.25) is 10.0 Å². The molecule has 118 valence electrons. The third kappa shape index (κ3) is 3.05. The first kappa shape index (κ1) is 16.3. The predicted molar refractivity (Wildman–Crippen MR) is 90.3 cm³/mol. The van der Waals surface area contributed by atoms with E-state index in [1.54, 1.807) is 16.8 Å². The Balaban J connectivity index is 1.93. The van der Waals surface area contributed by atoms with Crippen LogP contribution in [0, 0.1) is 4.77 Å². The molecule has 0 saturated heterocycles. The minimum Gasteiger partial charge on any atom is -0.386 e. The van der Waals surface area contributed by atoms with Gasteiger partial charge in [-0.25, -0.2) is 4.98 Å². The lowest BCUT2D eigenvalue weighted by molar-refractivity contribution is 0.00728. The second-order valence-electron chi connectivity index (χ2n) is 5.67. The Morgan fingerprint density at radius 3 is 2.68 bits per heavy atom. The van der Waals surface area contributed by atoms with E-state index in [2.05, 4.69) is 10.1 Å². The molecule has 0 radical (unpaired) electrons. The van der Waals surface area contributed by atoms with Gasteiger partial charge >= 0.3 is 0 Å². The van der Waals surface area contributed by atoms with Crippen molar-refractivity contribution in [2.24, 2.45) is 0 Å². The van der Waals surface area contributed by atoms with E-state index >= 15 is 0 Å². The molecule has 0 amide bonds. The third-order valence-electron chi connectivity index (χ3n) is 4.06. The molecule has 2 aromatic rings. The Bertz CT molecular complexity index is 756. The fourth-order valence-electron chi connectivity index (χ4n) is 2.56. The molecule has 1 fully saturated rings. The average Bonchev–Trinajstić information content (AvgIpc) is 3.09. The number of halogens is 3. The number of benzene rings is 1. The van der Waals surface area contributed by atoms with E-state index in [0.717, 1.165) is 18.4 Å². The highest BCUT2D eigenvalue weighted by molar-refractivity contribution is 7.71. The van der Waals surface area contributed by atoms with E-state index in [1.807, 2.05) is 6.07 Å². The van der Waals surface area contributed by atoms with Gasteiger partial charge in [-0.3, -0.25) is 9.78 Å². The van der Waals surface area contributed by atoms with Gasteiger partial charge in [0.1, 0.15) is 11.9 Å². The van der Waals surface area contributed by atoms with E-state index in [4.69, 9.17) is 47.0 Å². The summed E-state index contributed by atoms with van der Waals surface area (Å²) in [6, 6.07) is 5.22. The van der Waals surface area contributed by atoms with Crippen LogP contribution in [-0.4, -0.2) is 30.3 Å². The van der Waals surface area contributed by atoms with Crippen LogP contribution in [0.15, 0.2) is 24.5 Å². The van der Waals surface area contributed by atoms with Gasteiger partial charge in [-0.05, 0) is 42.8 Å². The van der Waals surface area contributed by atoms with Crippen molar-refractivity contribution in [2.75, 3.05) is 0 Å². The van der Waals surface area contributed by atoms with Crippen molar-refractivity contribution in [3.63, 3.8) is 0 Å². The van der Waals surface area contributed by atoms with Gasteiger partial charge in [-0.2, -0.15) is 0 Å². The summed E-state index contributed by atoms with van der Waals surface area (Å²) < 4.78 is 1.99. The Morgan fingerprint density at radius 1 is 1.41 bits per heavy atom. The van der Waals surface area contributed by atoms with E-state index in [-0.39, 0.29) is 6.54 Å². The van der Waals surface area contributed by atoms with Gasteiger partial charge in [0.25, 0.3) is 0 Å². The van der Waals surface area contributed by atoms with Crippen LogP contribution < -0.4 is 0 Å². The molecule has 1 heterocycles. The number of hydrogen-bond donors (Lipinski definition) is 2. The number of rotatable bonds is 5. The molecule has 1 atom stereocenters. The molecule has 1 aliphatic carbocycles. The summed E-state index contributed by atoms with van der Waals surface area (Å²) >= 11 is 23.8. The first-order valence-corrected chi connectivity index (χ1v) is 8.33. The maximum atomic E-state index is 11.2. The maximum Gasteiger partial charge on any atom is 0.215 e. The highest BCUT2D eigenvalue weighted by atomic mass is 35.5. The number of H-pyrrole nitrogens is 1. The molecular formula is C14H14Cl3N3OS. The van der Waals surface area contributed by atoms with Crippen molar-refractivity contribution in [1.29, 1.82) is 0 Å². The first-order valence-electron chi connectivity index (χ1n) is 6.78. The SMILES string of the molecule is O[C@](Cc1ccc(Cl)cc1Cl)(Cn1[nH]cnc1=S)C1(Cl)CC1. The predicted octanol–water partition coefficient (Wildman–Crippen LogP) is 3.99. The lowest BCUT2D eigenvalue weighted by atomic mass is 9.89. The van der Waals surface area contributed by atoms with E-state index in [1.165, 1.54) is 6.33 Å². The topological polar surface area (TPSA) is 53.8 Å². The van der Waals surface area contributed by atoms with Gasteiger partial charge < -0.3 is 5.11 Å². The Kier molecular flexibility index (Phi) is 4.29. The average molecular weight is 379 g/mol. The van der Waals surface area contributed by atoms with Gasteiger partial charge in [0.2, 0.25) is 4.77 Å². The summed E-state index contributed by atoms with van der Waals surface area (Å²) in [6.45, 7) is 0.230. The molecule has 8 heteroatoms. The van der Waals surface area contributed by atoms with Crippen LogP contribution in [0.5, 0.6) is 0 Å². The van der Waals surface area contributed by atoms with E-state index < -0.39 is 10.5 Å². The summed E-state index contributed by atoms with van der Waals surface area (Å²) in [5.41, 5.74) is -0.386. The number of nitrogens with zero attached hydrogens (tertiary/aromatic N) is 2. The third-order valence-corrected chi connectivity index (χ3v) is 5.70. The van der Waals surface area contributed by atoms with Crippen molar-refractivity contribution < 1.29 is 5.11 Å². The van der Waals surface area contributed by atoms with Crippen molar-refractivity contribution >= 4 is 47.0 Å². The molecule has 1 aromatic carbocycles. The van der Waals surface area contributed by atoms with Crippen molar-refractivity contribution in [2.45, 2.75) is 36.3 Å². The lowest BCUT2D eigenvalue weighted by Crippen LogP contribution is -2.47. The van der Waals surface area contributed by atoms with Crippen LogP contribution in [0.4, 0.5) is 0 Å². The van der Waals surface area contributed by atoms with Crippen LogP contribution >= 0.6 is 47.0 Å². The fourth-order valence-corrected chi connectivity index (χ4v) is 3.43. The molecular weight excluding hydrogens is 365 g/mol. The number of alkyl halides is 1. The molecule has 2 N–H and O–H groups in total. The van der Waals surface area contributed by atoms with Gasteiger partial charge in [0, 0.05) is 16.5 Å². The molecule has 1 aromatic heterocycles. The number of nitrogens with one attached hydrogen (secondary N) is 1. The summed E-state index contributed by atoms with van der Waals surface area (Å²) in [4.78, 5) is 3.29. The highest BCUT2D eigenvalue weighted by Crippen LogP contribution is 2.53. The van der Waals surface area contributed by atoms with Crippen LogP contribution in [-0.2, 0) is 13.0 Å². The van der Waals surface area contributed by atoms with Crippen molar-refractivity contribution in [3.8, 4) is 0 Å². The summed E-state index contributed by atoms with van der Waals surface area (Å²) in [6.07, 6.45) is 3.30. The normalized spacial score (nSPS) is 18.9. The van der Waals surface area contributed by atoms with Crippen molar-refractivity contribution in [1.82, 2.24) is 14.8 Å². The molecule has 22 heavy (non-hydrogen) atoms. The number of aliphatic hydroxyl groups is 1. The number of aromatic amines is 1. The zero-order valence-electron chi connectivity index (χ0n) is 11.5. The number of aromatic nitrogens is 3. The Labute approximate surface area is 148 Å². The Hall–Kier alpha value is -0.590. The van der Waals surface area contributed by atoms with Crippen LogP contribution in [0.25, 0.3) is 0 Å². The van der Waals surface area contributed by atoms with Crippen LogP contribution in [0.3, 0.4) is 0 Å². The van der Waals surface area contributed by atoms with Crippen molar-refractivity contribution in [3.05, 3.63) is 44.9 Å². The lowest BCUT2D eigenvalue weighted by Gasteiger charge is -2.33. The minimum atomic E-state index is -1.18. The van der Waals surface area contributed by atoms with E-state index in [0.29, 0.717) is 21.2 Å². The Morgan fingerprint density at radius 2 is 2.14 bits per heavy atom. The molecule has 0 bridgehead atoms. The fraction of sp³-hybridized carbons (Fsp3) is 0.429. The highest BCUT2D eigenvalue weighted by Gasteiger charge is 2.58. The zero-order valence-corrected chi connectivity index (χ0v) is 14.6. The molecule has 3 rings (SSSR count).